The van der Waals surface area contributed by atoms with Gasteiger partial charge in [-0.1, -0.05) is 32.0 Å². The van der Waals surface area contributed by atoms with Gasteiger partial charge in [0.2, 0.25) is 0 Å². The van der Waals surface area contributed by atoms with E-state index in [9.17, 15) is 4.79 Å². The number of hydrogen-bond donors (Lipinski definition) is 2. The summed E-state index contributed by atoms with van der Waals surface area (Å²) in [6.07, 6.45) is 5.87. The molecule has 23 heavy (non-hydrogen) atoms. The van der Waals surface area contributed by atoms with Crippen molar-refractivity contribution in [1.82, 2.24) is 4.98 Å². The average molecular weight is 309 g/mol. The van der Waals surface area contributed by atoms with E-state index in [-0.39, 0.29) is 5.91 Å². The maximum Gasteiger partial charge on any atom is 0.274 e. The van der Waals surface area contributed by atoms with E-state index in [4.69, 9.17) is 0 Å². The standard InChI is InChI=1S/C19H23N3O/c1-3-13-6-5-7-14(4-2)18(13)22-19(23)17-12-16(10-11-20-17)21-15-8-9-15/h5-7,10-12,15H,3-4,8-9H2,1-2H3,(H,20,21)(H,22,23). The molecule has 1 heterocycles. The van der Waals surface area contributed by atoms with Crippen LogP contribution in [0.1, 0.15) is 48.3 Å². The summed E-state index contributed by atoms with van der Waals surface area (Å²) in [5.74, 6) is -0.153. The third-order valence-electron chi connectivity index (χ3n) is 4.18. The van der Waals surface area contributed by atoms with Gasteiger partial charge in [0.15, 0.2) is 0 Å². The van der Waals surface area contributed by atoms with Crippen molar-refractivity contribution in [3.8, 4) is 0 Å². The number of anilines is 2. The van der Waals surface area contributed by atoms with Crippen molar-refractivity contribution in [2.45, 2.75) is 45.6 Å². The Hall–Kier alpha value is -2.36. The van der Waals surface area contributed by atoms with Gasteiger partial charge in [0.05, 0.1) is 0 Å². The maximum atomic E-state index is 12.6. The minimum Gasteiger partial charge on any atom is -0.382 e. The van der Waals surface area contributed by atoms with Gasteiger partial charge in [0.25, 0.3) is 5.91 Å². The lowest BCUT2D eigenvalue weighted by Gasteiger charge is -2.14. The molecule has 0 aliphatic heterocycles. The van der Waals surface area contributed by atoms with E-state index in [0.717, 1.165) is 35.3 Å². The zero-order valence-corrected chi connectivity index (χ0v) is 13.7. The predicted molar refractivity (Wildman–Crippen MR) is 94.0 cm³/mol. The van der Waals surface area contributed by atoms with E-state index in [1.807, 2.05) is 18.2 Å². The number of nitrogens with one attached hydrogen (secondary N) is 2. The van der Waals surface area contributed by atoms with Crippen LogP contribution in [0.25, 0.3) is 0 Å². The minimum atomic E-state index is -0.153. The van der Waals surface area contributed by atoms with Crippen LogP contribution in [0.15, 0.2) is 36.5 Å². The second kappa shape index (κ2) is 6.82. The normalized spacial score (nSPS) is 13.7. The van der Waals surface area contributed by atoms with Crippen molar-refractivity contribution in [3.05, 3.63) is 53.3 Å². The summed E-state index contributed by atoms with van der Waals surface area (Å²) >= 11 is 0. The van der Waals surface area contributed by atoms with Crippen LogP contribution in [0, 0.1) is 0 Å². The van der Waals surface area contributed by atoms with Crippen LogP contribution in [0.3, 0.4) is 0 Å². The van der Waals surface area contributed by atoms with Gasteiger partial charge in [-0.3, -0.25) is 9.78 Å². The summed E-state index contributed by atoms with van der Waals surface area (Å²) in [5.41, 5.74) is 4.66. The van der Waals surface area contributed by atoms with E-state index in [1.165, 1.54) is 12.8 Å². The molecule has 2 N–H and O–H groups in total. The Morgan fingerprint density at radius 2 is 1.87 bits per heavy atom. The highest BCUT2D eigenvalue weighted by Gasteiger charge is 2.21. The van der Waals surface area contributed by atoms with Crippen LogP contribution in [0.2, 0.25) is 0 Å². The summed E-state index contributed by atoms with van der Waals surface area (Å²) in [6.45, 7) is 4.20. The SMILES string of the molecule is CCc1cccc(CC)c1NC(=O)c1cc(NC2CC2)ccn1. The van der Waals surface area contributed by atoms with E-state index in [1.54, 1.807) is 6.20 Å². The molecule has 1 aromatic carbocycles. The summed E-state index contributed by atoms with van der Waals surface area (Å²) in [5, 5.41) is 6.46. The van der Waals surface area contributed by atoms with Crippen LogP contribution >= 0.6 is 0 Å². The van der Waals surface area contributed by atoms with E-state index < -0.39 is 0 Å². The number of aromatic nitrogens is 1. The Morgan fingerprint density at radius 1 is 1.17 bits per heavy atom. The Morgan fingerprint density at radius 3 is 2.48 bits per heavy atom. The molecule has 0 bridgehead atoms. The summed E-state index contributed by atoms with van der Waals surface area (Å²) in [4.78, 5) is 16.8. The first-order chi connectivity index (χ1) is 11.2. The number of carbonyl (C=O) groups is 1. The number of nitrogens with zero attached hydrogens (tertiary/aromatic N) is 1. The first kappa shape index (κ1) is 15.5. The number of amides is 1. The molecule has 1 saturated carbocycles. The Kier molecular flexibility index (Phi) is 4.60. The number of pyridine rings is 1. The zero-order chi connectivity index (χ0) is 16.2. The molecule has 1 aliphatic rings. The molecule has 1 amide bonds. The average Bonchev–Trinajstić information content (AvgIpc) is 3.39. The van der Waals surface area contributed by atoms with Crippen molar-refractivity contribution >= 4 is 17.3 Å². The summed E-state index contributed by atoms with van der Waals surface area (Å²) in [7, 11) is 0. The Bertz CT molecular complexity index is 685. The van der Waals surface area contributed by atoms with Crippen molar-refractivity contribution in [2.24, 2.45) is 0 Å². The molecule has 4 heteroatoms. The minimum absolute atomic E-state index is 0.153. The molecule has 1 aliphatic carbocycles. The van der Waals surface area contributed by atoms with Gasteiger partial charge in [-0.2, -0.15) is 0 Å². The molecule has 0 radical (unpaired) electrons. The second-order valence-electron chi connectivity index (χ2n) is 5.96. The summed E-state index contributed by atoms with van der Waals surface area (Å²) < 4.78 is 0. The first-order valence-corrected chi connectivity index (χ1v) is 8.36. The smallest absolute Gasteiger partial charge is 0.274 e. The molecule has 0 saturated heterocycles. The van der Waals surface area contributed by atoms with E-state index in [0.29, 0.717) is 11.7 Å². The predicted octanol–water partition coefficient (Wildman–Crippen LogP) is 4.03. The molecule has 1 aromatic heterocycles. The van der Waals surface area contributed by atoms with Gasteiger partial charge in [-0.25, -0.2) is 0 Å². The molecule has 120 valence electrons. The Balaban J connectivity index is 1.81. The Labute approximate surface area is 137 Å². The van der Waals surface area contributed by atoms with Crippen molar-refractivity contribution < 1.29 is 4.79 Å². The molecular formula is C19H23N3O. The highest BCUT2D eigenvalue weighted by atomic mass is 16.1. The fraction of sp³-hybridized carbons (Fsp3) is 0.368. The topological polar surface area (TPSA) is 54.0 Å². The number of benzene rings is 1. The summed E-state index contributed by atoms with van der Waals surface area (Å²) in [6, 6.07) is 10.5. The highest BCUT2D eigenvalue weighted by molar-refractivity contribution is 6.04. The van der Waals surface area contributed by atoms with Crippen LogP contribution in [0.5, 0.6) is 0 Å². The van der Waals surface area contributed by atoms with Crippen LogP contribution in [0.4, 0.5) is 11.4 Å². The monoisotopic (exact) mass is 309 g/mol. The quantitative estimate of drug-likeness (QED) is 0.847. The fourth-order valence-electron chi connectivity index (χ4n) is 2.69. The number of aryl methyl sites for hydroxylation is 2. The maximum absolute atomic E-state index is 12.6. The number of para-hydroxylation sites is 1. The van der Waals surface area contributed by atoms with Crippen LogP contribution in [-0.2, 0) is 12.8 Å². The third kappa shape index (κ3) is 3.70. The first-order valence-electron chi connectivity index (χ1n) is 8.36. The highest BCUT2D eigenvalue weighted by Crippen LogP contribution is 2.26. The number of hydrogen-bond acceptors (Lipinski definition) is 3. The van der Waals surface area contributed by atoms with Gasteiger partial charge in [0.1, 0.15) is 5.69 Å². The molecule has 0 spiro atoms. The molecule has 0 unspecified atom stereocenters. The molecule has 2 aromatic rings. The molecule has 1 fully saturated rings. The number of rotatable bonds is 6. The largest absolute Gasteiger partial charge is 0.382 e. The molecular weight excluding hydrogens is 286 g/mol. The lowest BCUT2D eigenvalue weighted by Crippen LogP contribution is -2.16. The third-order valence-corrected chi connectivity index (χ3v) is 4.18. The lowest BCUT2D eigenvalue weighted by molar-refractivity contribution is 0.102. The molecule has 4 nitrogen and oxygen atoms in total. The lowest BCUT2D eigenvalue weighted by atomic mass is 10.0. The van der Waals surface area contributed by atoms with Gasteiger partial charge in [-0.05, 0) is 48.9 Å². The molecule has 0 atom stereocenters. The van der Waals surface area contributed by atoms with Crippen LogP contribution < -0.4 is 10.6 Å². The van der Waals surface area contributed by atoms with Crippen LogP contribution in [-0.4, -0.2) is 16.9 Å². The van der Waals surface area contributed by atoms with Crippen molar-refractivity contribution in [2.75, 3.05) is 10.6 Å². The second-order valence-corrected chi connectivity index (χ2v) is 5.96. The molecule has 3 rings (SSSR count). The number of carbonyl (C=O) groups excluding carboxylic acids is 1. The van der Waals surface area contributed by atoms with E-state index in [2.05, 4.69) is 41.6 Å². The van der Waals surface area contributed by atoms with Gasteiger partial charge in [-0.15, -0.1) is 0 Å². The van der Waals surface area contributed by atoms with Gasteiger partial charge < -0.3 is 10.6 Å². The van der Waals surface area contributed by atoms with E-state index >= 15 is 0 Å². The zero-order valence-electron chi connectivity index (χ0n) is 13.7. The fourth-order valence-corrected chi connectivity index (χ4v) is 2.69. The van der Waals surface area contributed by atoms with Crippen molar-refractivity contribution in [3.63, 3.8) is 0 Å². The van der Waals surface area contributed by atoms with Gasteiger partial charge in [0, 0.05) is 23.6 Å². The van der Waals surface area contributed by atoms with Crippen molar-refractivity contribution in [1.29, 1.82) is 0 Å². The van der Waals surface area contributed by atoms with Gasteiger partial charge >= 0.3 is 0 Å².